The molecule has 1 saturated carbocycles. The lowest BCUT2D eigenvalue weighted by Crippen LogP contribution is -2.06. The molecule has 1 aromatic heterocycles. The van der Waals surface area contributed by atoms with E-state index < -0.39 is 10.8 Å². The number of hydrogen-bond acceptors (Lipinski definition) is 3. The summed E-state index contributed by atoms with van der Waals surface area (Å²) in [4.78, 5) is 4.69. The first-order chi connectivity index (χ1) is 10.6. The number of aromatic nitrogens is 1. The summed E-state index contributed by atoms with van der Waals surface area (Å²) in [5.74, 6) is 0.825. The maximum atomic E-state index is 13.0. The van der Waals surface area contributed by atoms with Gasteiger partial charge in [0.25, 0.3) is 0 Å². The number of thiazole rings is 1. The molecule has 5 heteroatoms. The summed E-state index contributed by atoms with van der Waals surface area (Å²) in [6, 6.07) is 6.26. The Bertz CT molecular complexity index is 647. The molecular formula is C17H20FNOS2. The fraction of sp³-hybridized carbons (Fsp3) is 0.471. The van der Waals surface area contributed by atoms with Gasteiger partial charge in [0.05, 0.1) is 21.7 Å². The van der Waals surface area contributed by atoms with Gasteiger partial charge >= 0.3 is 0 Å². The Kier molecular flexibility index (Phi) is 5.03. The second kappa shape index (κ2) is 7.01. The highest BCUT2D eigenvalue weighted by Gasteiger charge is 2.21. The molecule has 3 rings (SSSR count). The predicted molar refractivity (Wildman–Crippen MR) is 90.0 cm³/mol. The predicted octanol–water partition coefficient (Wildman–Crippen LogP) is 4.95. The monoisotopic (exact) mass is 337 g/mol. The highest BCUT2D eigenvalue weighted by Crippen LogP contribution is 2.36. The summed E-state index contributed by atoms with van der Waals surface area (Å²) in [5.41, 5.74) is 1.84. The van der Waals surface area contributed by atoms with Crippen molar-refractivity contribution in [3.05, 3.63) is 51.7 Å². The van der Waals surface area contributed by atoms with Gasteiger partial charge in [0, 0.05) is 22.1 Å². The Morgan fingerprint density at radius 1 is 1.32 bits per heavy atom. The van der Waals surface area contributed by atoms with Crippen LogP contribution in [0.5, 0.6) is 0 Å². The fourth-order valence-electron chi connectivity index (χ4n) is 2.91. The molecule has 0 bridgehead atoms. The molecule has 0 radical (unpaired) electrons. The first kappa shape index (κ1) is 15.8. The third-order valence-electron chi connectivity index (χ3n) is 4.30. The van der Waals surface area contributed by atoms with Gasteiger partial charge in [0.2, 0.25) is 0 Å². The molecule has 1 aliphatic rings. The molecule has 1 heterocycles. The zero-order valence-electron chi connectivity index (χ0n) is 12.6. The van der Waals surface area contributed by atoms with Crippen molar-refractivity contribution in [1.82, 2.24) is 4.98 Å². The second-order valence-electron chi connectivity index (χ2n) is 5.88. The van der Waals surface area contributed by atoms with Gasteiger partial charge in [0.15, 0.2) is 0 Å². The zero-order valence-corrected chi connectivity index (χ0v) is 14.3. The molecule has 1 fully saturated rings. The molecule has 0 amide bonds. The number of rotatable bonds is 5. The van der Waals surface area contributed by atoms with Crippen LogP contribution in [0.2, 0.25) is 0 Å². The van der Waals surface area contributed by atoms with Crippen LogP contribution in [0.15, 0.2) is 29.6 Å². The number of halogens is 1. The Morgan fingerprint density at radius 3 is 2.68 bits per heavy atom. The van der Waals surface area contributed by atoms with E-state index in [0.29, 0.717) is 11.7 Å². The van der Waals surface area contributed by atoms with Gasteiger partial charge in [-0.15, -0.1) is 11.3 Å². The third-order valence-corrected chi connectivity index (χ3v) is 6.99. The van der Waals surface area contributed by atoms with E-state index >= 15 is 0 Å². The molecule has 22 heavy (non-hydrogen) atoms. The number of benzene rings is 1. The molecule has 2 atom stereocenters. The van der Waals surface area contributed by atoms with Crippen LogP contribution in [0.1, 0.15) is 60.0 Å². The molecule has 0 N–H and O–H groups in total. The van der Waals surface area contributed by atoms with Crippen molar-refractivity contribution in [2.45, 2.75) is 49.5 Å². The SMILES string of the molecule is C[C@@H](c1ccc(F)cc1)[S@](=O)Cc1csc(C2CCCC2)n1. The minimum Gasteiger partial charge on any atom is -0.259 e. The van der Waals surface area contributed by atoms with Crippen LogP contribution in [0.3, 0.4) is 0 Å². The minimum atomic E-state index is -1.04. The maximum absolute atomic E-state index is 13.0. The highest BCUT2D eigenvalue weighted by molar-refractivity contribution is 7.84. The number of hydrogen-bond donors (Lipinski definition) is 0. The fourth-order valence-corrected chi connectivity index (χ4v) is 5.15. The lowest BCUT2D eigenvalue weighted by Gasteiger charge is -2.11. The summed E-state index contributed by atoms with van der Waals surface area (Å²) in [5, 5.41) is 3.14. The second-order valence-corrected chi connectivity index (χ2v) is 8.52. The van der Waals surface area contributed by atoms with E-state index in [0.717, 1.165) is 11.3 Å². The molecule has 118 valence electrons. The molecule has 1 aliphatic carbocycles. The molecule has 1 aromatic carbocycles. The van der Waals surface area contributed by atoms with Crippen LogP contribution < -0.4 is 0 Å². The molecular weight excluding hydrogens is 317 g/mol. The summed E-state index contributed by atoms with van der Waals surface area (Å²) in [6.45, 7) is 1.92. The van der Waals surface area contributed by atoms with Crippen molar-refractivity contribution in [2.24, 2.45) is 0 Å². The van der Waals surface area contributed by atoms with E-state index in [1.54, 1.807) is 23.5 Å². The van der Waals surface area contributed by atoms with Crippen LogP contribution in [0, 0.1) is 5.82 Å². The van der Waals surface area contributed by atoms with Crippen molar-refractivity contribution in [1.29, 1.82) is 0 Å². The lowest BCUT2D eigenvalue weighted by atomic mass is 10.1. The van der Waals surface area contributed by atoms with Crippen molar-refractivity contribution < 1.29 is 8.60 Å². The van der Waals surface area contributed by atoms with E-state index in [1.165, 1.54) is 42.8 Å². The Balaban J connectivity index is 1.64. The summed E-state index contributed by atoms with van der Waals surface area (Å²) < 4.78 is 25.5. The summed E-state index contributed by atoms with van der Waals surface area (Å²) >= 11 is 1.70. The zero-order chi connectivity index (χ0) is 15.5. The minimum absolute atomic E-state index is 0.114. The van der Waals surface area contributed by atoms with Crippen LogP contribution in [-0.4, -0.2) is 9.19 Å². The Morgan fingerprint density at radius 2 is 2.00 bits per heavy atom. The molecule has 2 aromatic rings. The van der Waals surface area contributed by atoms with Crippen molar-refractivity contribution in [3.63, 3.8) is 0 Å². The molecule has 0 unspecified atom stereocenters. The van der Waals surface area contributed by atoms with Crippen molar-refractivity contribution in [3.8, 4) is 0 Å². The topological polar surface area (TPSA) is 30.0 Å². The van der Waals surface area contributed by atoms with Crippen molar-refractivity contribution >= 4 is 22.1 Å². The van der Waals surface area contributed by atoms with Gasteiger partial charge < -0.3 is 0 Å². The maximum Gasteiger partial charge on any atom is 0.123 e. The summed E-state index contributed by atoms with van der Waals surface area (Å²) in [6.07, 6.45) is 5.07. The average molecular weight is 337 g/mol. The first-order valence-electron chi connectivity index (χ1n) is 7.70. The number of nitrogens with zero attached hydrogens (tertiary/aromatic N) is 1. The summed E-state index contributed by atoms with van der Waals surface area (Å²) in [7, 11) is -1.04. The lowest BCUT2D eigenvalue weighted by molar-refractivity contribution is 0.626. The van der Waals surface area contributed by atoms with E-state index in [-0.39, 0.29) is 11.1 Å². The van der Waals surface area contributed by atoms with Gasteiger partial charge in [-0.2, -0.15) is 0 Å². The molecule has 0 saturated heterocycles. The van der Waals surface area contributed by atoms with Crippen LogP contribution in [0.25, 0.3) is 0 Å². The van der Waals surface area contributed by atoms with Crippen LogP contribution in [0.4, 0.5) is 4.39 Å². The normalized spacial score (nSPS) is 18.5. The Hall–Kier alpha value is -1.07. The van der Waals surface area contributed by atoms with Crippen LogP contribution in [-0.2, 0) is 16.6 Å². The first-order valence-corrected chi connectivity index (χ1v) is 9.96. The van der Waals surface area contributed by atoms with Gasteiger partial charge in [-0.05, 0) is 37.5 Å². The van der Waals surface area contributed by atoms with Crippen molar-refractivity contribution in [2.75, 3.05) is 0 Å². The highest BCUT2D eigenvalue weighted by atomic mass is 32.2. The molecule has 0 spiro atoms. The van der Waals surface area contributed by atoms with E-state index in [2.05, 4.69) is 4.98 Å². The van der Waals surface area contributed by atoms with Crippen LogP contribution >= 0.6 is 11.3 Å². The Labute approximate surface area is 137 Å². The largest absolute Gasteiger partial charge is 0.259 e. The van der Waals surface area contributed by atoms with E-state index in [4.69, 9.17) is 0 Å². The van der Waals surface area contributed by atoms with E-state index in [9.17, 15) is 8.60 Å². The molecule has 2 nitrogen and oxygen atoms in total. The average Bonchev–Trinajstić information content (AvgIpc) is 3.18. The quantitative estimate of drug-likeness (QED) is 0.772. The van der Waals surface area contributed by atoms with E-state index in [1.807, 2.05) is 12.3 Å². The van der Waals surface area contributed by atoms with Gasteiger partial charge in [0.1, 0.15) is 5.82 Å². The smallest absolute Gasteiger partial charge is 0.123 e. The third kappa shape index (κ3) is 3.63. The van der Waals surface area contributed by atoms with Gasteiger partial charge in [-0.1, -0.05) is 25.0 Å². The molecule has 0 aliphatic heterocycles. The van der Waals surface area contributed by atoms with Gasteiger partial charge in [-0.3, -0.25) is 4.21 Å². The standard InChI is InChI=1S/C17H20FNOS2/c1-12(13-6-8-15(18)9-7-13)22(20)11-16-10-21-17(19-16)14-4-2-3-5-14/h6-10,12,14H,2-5,11H2,1H3/t12-,22+/m0/s1. The van der Waals surface area contributed by atoms with Gasteiger partial charge in [-0.25, -0.2) is 9.37 Å².